The molecule has 2 aromatic rings. The van der Waals surface area contributed by atoms with E-state index in [1.165, 1.54) is 0 Å². The van der Waals surface area contributed by atoms with Gasteiger partial charge < -0.3 is 5.11 Å². The molecule has 0 atom stereocenters. The Hall–Kier alpha value is -2.10. The Kier molecular flexibility index (Phi) is 2.63. The molecule has 1 fully saturated rings. The lowest BCUT2D eigenvalue weighted by Gasteiger charge is -2.27. The van der Waals surface area contributed by atoms with Crippen LogP contribution < -0.4 is 5.56 Å². The summed E-state index contributed by atoms with van der Waals surface area (Å²) in [5, 5.41) is 9.51. The van der Waals surface area contributed by atoms with Crippen molar-refractivity contribution in [2.24, 2.45) is 0 Å². The predicted molar refractivity (Wildman–Crippen MR) is 68.1 cm³/mol. The van der Waals surface area contributed by atoms with Crippen LogP contribution >= 0.6 is 0 Å². The minimum atomic E-state index is -0.226. The minimum Gasteiger partial charge on any atom is -0.493 e. The van der Waals surface area contributed by atoms with Gasteiger partial charge in [-0.15, -0.1) is 0 Å². The van der Waals surface area contributed by atoms with Gasteiger partial charge in [0.15, 0.2) is 0 Å². The van der Waals surface area contributed by atoms with Gasteiger partial charge in [0.05, 0.1) is 11.8 Å². The molecule has 0 unspecified atom stereocenters. The topological polar surface area (TPSA) is 55.1 Å². The highest BCUT2D eigenvalue weighted by Crippen LogP contribution is 2.35. The monoisotopic (exact) mass is 242 g/mol. The van der Waals surface area contributed by atoms with E-state index in [2.05, 4.69) is 4.98 Å². The van der Waals surface area contributed by atoms with Gasteiger partial charge in [-0.2, -0.15) is 4.98 Å². The molecule has 18 heavy (non-hydrogen) atoms. The van der Waals surface area contributed by atoms with Gasteiger partial charge in [0.1, 0.15) is 5.82 Å². The fraction of sp³-hybridized carbons (Fsp3) is 0.286. The summed E-state index contributed by atoms with van der Waals surface area (Å²) in [6.07, 6.45) is 3.22. The molecule has 4 heteroatoms. The summed E-state index contributed by atoms with van der Waals surface area (Å²) in [4.78, 5) is 16.2. The number of benzene rings is 1. The molecule has 1 aliphatic rings. The van der Waals surface area contributed by atoms with Crippen LogP contribution in [0.25, 0.3) is 5.69 Å². The third kappa shape index (κ3) is 1.79. The second-order valence-corrected chi connectivity index (χ2v) is 4.61. The quantitative estimate of drug-likeness (QED) is 0.878. The Labute approximate surface area is 105 Å². The van der Waals surface area contributed by atoms with E-state index in [9.17, 15) is 9.90 Å². The Morgan fingerprint density at radius 1 is 1.22 bits per heavy atom. The van der Waals surface area contributed by atoms with E-state index in [4.69, 9.17) is 0 Å². The van der Waals surface area contributed by atoms with Gasteiger partial charge >= 0.3 is 0 Å². The van der Waals surface area contributed by atoms with E-state index in [1.807, 2.05) is 30.3 Å². The molecule has 0 bridgehead atoms. The Bertz CT molecular complexity index is 615. The van der Waals surface area contributed by atoms with E-state index < -0.39 is 0 Å². The van der Waals surface area contributed by atoms with Crippen molar-refractivity contribution in [3.63, 3.8) is 0 Å². The first kappa shape index (κ1) is 11.0. The van der Waals surface area contributed by atoms with Crippen LogP contribution in [-0.4, -0.2) is 14.7 Å². The standard InChI is InChI=1S/C14H14N2O2/c17-12-9-13(18)16(11-7-2-1-3-8-11)14(15-12)10-5-4-6-10/h1-3,7-10,17H,4-6H2. The van der Waals surface area contributed by atoms with Crippen molar-refractivity contribution in [3.05, 3.63) is 52.6 Å². The summed E-state index contributed by atoms with van der Waals surface area (Å²) in [5.41, 5.74) is 0.576. The molecule has 1 N–H and O–H groups in total. The van der Waals surface area contributed by atoms with Crippen molar-refractivity contribution in [3.8, 4) is 11.6 Å². The molecule has 0 spiro atoms. The van der Waals surface area contributed by atoms with Crippen LogP contribution in [0.4, 0.5) is 0 Å². The number of hydrogen-bond acceptors (Lipinski definition) is 3. The number of rotatable bonds is 2. The number of nitrogens with zero attached hydrogens (tertiary/aromatic N) is 2. The Morgan fingerprint density at radius 2 is 1.94 bits per heavy atom. The Morgan fingerprint density at radius 3 is 2.56 bits per heavy atom. The summed E-state index contributed by atoms with van der Waals surface area (Å²) >= 11 is 0. The van der Waals surface area contributed by atoms with Gasteiger partial charge in [-0.1, -0.05) is 24.6 Å². The van der Waals surface area contributed by atoms with Crippen molar-refractivity contribution in [1.82, 2.24) is 9.55 Å². The summed E-state index contributed by atoms with van der Waals surface area (Å²) in [5.74, 6) is 0.775. The zero-order valence-corrected chi connectivity index (χ0v) is 9.91. The van der Waals surface area contributed by atoms with Crippen molar-refractivity contribution in [1.29, 1.82) is 0 Å². The van der Waals surface area contributed by atoms with Crippen LogP contribution in [-0.2, 0) is 0 Å². The largest absolute Gasteiger partial charge is 0.493 e. The molecule has 1 aromatic heterocycles. The lowest BCUT2D eigenvalue weighted by molar-refractivity contribution is 0.378. The predicted octanol–water partition coefficient (Wildman–Crippen LogP) is 2.21. The minimum absolute atomic E-state index is 0.186. The fourth-order valence-corrected chi connectivity index (χ4v) is 2.26. The van der Waals surface area contributed by atoms with E-state index in [1.54, 1.807) is 4.57 Å². The van der Waals surface area contributed by atoms with Crippen molar-refractivity contribution in [2.45, 2.75) is 25.2 Å². The highest BCUT2D eigenvalue weighted by molar-refractivity contribution is 5.34. The molecular weight excluding hydrogens is 228 g/mol. The third-order valence-corrected chi connectivity index (χ3v) is 3.42. The van der Waals surface area contributed by atoms with Crippen molar-refractivity contribution >= 4 is 0 Å². The second-order valence-electron chi connectivity index (χ2n) is 4.61. The molecule has 4 nitrogen and oxygen atoms in total. The lowest BCUT2D eigenvalue weighted by atomic mass is 9.84. The number of aromatic hydroxyl groups is 1. The normalized spacial score (nSPS) is 15.3. The van der Waals surface area contributed by atoms with E-state index in [0.29, 0.717) is 5.82 Å². The average Bonchev–Trinajstić information content (AvgIpc) is 2.27. The van der Waals surface area contributed by atoms with Crippen molar-refractivity contribution < 1.29 is 5.11 Å². The highest BCUT2D eigenvalue weighted by Gasteiger charge is 2.25. The van der Waals surface area contributed by atoms with Crippen LogP contribution in [0.5, 0.6) is 5.88 Å². The van der Waals surface area contributed by atoms with E-state index >= 15 is 0 Å². The second kappa shape index (κ2) is 4.29. The van der Waals surface area contributed by atoms with Crippen LogP contribution in [0.1, 0.15) is 31.0 Å². The number of aromatic nitrogens is 2. The van der Waals surface area contributed by atoms with Gasteiger partial charge in [0, 0.05) is 5.92 Å². The van der Waals surface area contributed by atoms with Gasteiger partial charge in [-0.3, -0.25) is 9.36 Å². The van der Waals surface area contributed by atoms with Crippen LogP contribution in [0, 0.1) is 0 Å². The molecule has 0 amide bonds. The van der Waals surface area contributed by atoms with Gasteiger partial charge in [-0.05, 0) is 25.0 Å². The van der Waals surface area contributed by atoms with E-state index in [0.717, 1.165) is 31.0 Å². The van der Waals surface area contributed by atoms with Crippen molar-refractivity contribution in [2.75, 3.05) is 0 Å². The maximum atomic E-state index is 12.1. The number of para-hydroxylation sites is 1. The SMILES string of the molecule is O=c1cc(O)nc(C2CCC2)n1-c1ccccc1. The molecule has 1 aliphatic carbocycles. The Balaban J connectivity index is 2.21. The smallest absolute Gasteiger partial charge is 0.261 e. The molecular formula is C14H14N2O2. The van der Waals surface area contributed by atoms with E-state index in [-0.39, 0.29) is 17.4 Å². The first-order valence-corrected chi connectivity index (χ1v) is 6.14. The molecule has 1 saturated carbocycles. The summed E-state index contributed by atoms with van der Waals surface area (Å²) in [6.45, 7) is 0. The maximum Gasteiger partial charge on any atom is 0.261 e. The zero-order valence-electron chi connectivity index (χ0n) is 9.91. The summed E-state index contributed by atoms with van der Waals surface area (Å²) < 4.78 is 1.60. The molecule has 0 radical (unpaired) electrons. The molecule has 92 valence electrons. The first-order chi connectivity index (χ1) is 8.75. The first-order valence-electron chi connectivity index (χ1n) is 6.14. The average molecular weight is 242 g/mol. The van der Waals surface area contributed by atoms with Gasteiger partial charge in [-0.25, -0.2) is 0 Å². The van der Waals surface area contributed by atoms with Gasteiger partial charge in [0.25, 0.3) is 5.56 Å². The van der Waals surface area contributed by atoms with Crippen LogP contribution in [0.15, 0.2) is 41.2 Å². The molecule has 3 rings (SSSR count). The van der Waals surface area contributed by atoms with Crippen LogP contribution in [0.3, 0.4) is 0 Å². The molecule has 0 saturated heterocycles. The summed E-state index contributed by atoms with van der Waals surface area (Å²) in [6, 6.07) is 10.6. The fourth-order valence-electron chi connectivity index (χ4n) is 2.26. The molecule has 1 heterocycles. The lowest BCUT2D eigenvalue weighted by Crippen LogP contribution is -2.26. The van der Waals surface area contributed by atoms with Crippen LogP contribution in [0.2, 0.25) is 0 Å². The molecule has 0 aliphatic heterocycles. The zero-order chi connectivity index (χ0) is 12.5. The molecule has 1 aromatic carbocycles. The third-order valence-electron chi connectivity index (χ3n) is 3.42. The number of hydrogen-bond donors (Lipinski definition) is 1. The van der Waals surface area contributed by atoms with Gasteiger partial charge in [0.2, 0.25) is 5.88 Å². The summed E-state index contributed by atoms with van der Waals surface area (Å²) in [7, 11) is 0. The maximum absolute atomic E-state index is 12.1. The highest BCUT2D eigenvalue weighted by atomic mass is 16.3.